The second-order valence-corrected chi connectivity index (χ2v) is 8.45. The standard InChI is InChI=1S/C20H25ClN2O4S/c1-4-23-17(24)14-15(18(23)25)20(10-11-28-3,19(26)27-5-2)22-16(14)12-6-8-13(21)9-7-12/h6-9,14-16,22H,4-5,10-11H2,1-3H3/t14-,15+,16+,20+/m0/s1. The molecule has 2 heterocycles. The maximum Gasteiger partial charge on any atom is 0.327 e. The number of benzene rings is 1. The Bertz CT molecular complexity index is 772. The van der Waals surface area contributed by atoms with E-state index in [1.807, 2.05) is 18.4 Å². The molecule has 152 valence electrons. The van der Waals surface area contributed by atoms with Crippen LogP contribution in [0.4, 0.5) is 0 Å². The summed E-state index contributed by atoms with van der Waals surface area (Å²) in [7, 11) is 0. The molecule has 0 saturated carbocycles. The normalized spacial score (nSPS) is 29.3. The van der Waals surface area contributed by atoms with Crippen molar-refractivity contribution < 1.29 is 19.1 Å². The third-order valence-corrected chi connectivity index (χ3v) is 6.50. The van der Waals surface area contributed by atoms with Crippen molar-refractivity contribution in [1.82, 2.24) is 10.2 Å². The fraction of sp³-hybridized carbons (Fsp3) is 0.550. The summed E-state index contributed by atoms with van der Waals surface area (Å²) in [6.45, 7) is 4.02. The third kappa shape index (κ3) is 3.33. The van der Waals surface area contributed by atoms with Crippen molar-refractivity contribution in [3.63, 3.8) is 0 Å². The number of halogens is 1. The second-order valence-electron chi connectivity index (χ2n) is 7.03. The fourth-order valence-electron chi connectivity index (χ4n) is 4.37. The molecule has 28 heavy (non-hydrogen) atoms. The molecule has 3 rings (SSSR count). The highest BCUT2D eigenvalue weighted by Crippen LogP contribution is 2.50. The Morgan fingerprint density at radius 3 is 2.50 bits per heavy atom. The van der Waals surface area contributed by atoms with Gasteiger partial charge in [0, 0.05) is 17.6 Å². The van der Waals surface area contributed by atoms with Gasteiger partial charge in [-0.2, -0.15) is 11.8 Å². The number of likely N-dealkylation sites (tertiary alicyclic amines) is 1. The molecule has 0 bridgehead atoms. The minimum atomic E-state index is -1.22. The quantitative estimate of drug-likeness (QED) is 0.535. The smallest absolute Gasteiger partial charge is 0.327 e. The number of rotatable bonds is 7. The van der Waals surface area contributed by atoms with Crippen LogP contribution in [0.5, 0.6) is 0 Å². The van der Waals surface area contributed by atoms with E-state index in [1.54, 1.807) is 37.7 Å². The molecule has 1 N–H and O–H groups in total. The van der Waals surface area contributed by atoms with E-state index in [1.165, 1.54) is 4.90 Å². The van der Waals surface area contributed by atoms with Gasteiger partial charge < -0.3 is 4.74 Å². The molecule has 4 atom stereocenters. The van der Waals surface area contributed by atoms with Crippen LogP contribution in [0.15, 0.2) is 24.3 Å². The summed E-state index contributed by atoms with van der Waals surface area (Å²) in [5, 5.41) is 3.95. The lowest BCUT2D eigenvalue weighted by Crippen LogP contribution is -2.56. The van der Waals surface area contributed by atoms with Crippen molar-refractivity contribution in [2.24, 2.45) is 11.8 Å². The lowest BCUT2D eigenvalue weighted by atomic mass is 9.78. The van der Waals surface area contributed by atoms with Gasteiger partial charge in [0.1, 0.15) is 5.54 Å². The predicted octanol–water partition coefficient (Wildman–Crippen LogP) is 2.66. The maximum atomic E-state index is 13.2. The molecule has 2 fully saturated rings. The van der Waals surface area contributed by atoms with Gasteiger partial charge in [-0.25, -0.2) is 0 Å². The first-order valence-electron chi connectivity index (χ1n) is 9.45. The zero-order valence-corrected chi connectivity index (χ0v) is 17.8. The van der Waals surface area contributed by atoms with E-state index >= 15 is 0 Å². The highest BCUT2D eigenvalue weighted by Gasteiger charge is 2.68. The van der Waals surface area contributed by atoms with Gasteiger partial charge in [-0.1, -0.05) is 23.7 Å². The molecule has 0 spiro atoms. The average Bonchev–Trinajstić information content (AvgIpc) is 3.15. The van der Waals surface area contributed by atoms with Gasteiger partial charge in [0.2, 0.25) is 11.8 Å². The molecule has 1 aromatic carbocycles. The molecule has 2 aliphatic heterocycles. The summed E-state index contributed by atoms with van der Waals surface area (Å²) in [4.78, 5) is 40.6. The highest BCUT2D eigenvalue weighted by atomic mass is 35.5. The Morgan fingerprint density at radius 2 is 1.93 bits per heavy atom. The first kappa shape index (κ1) is 21.1. The lowest BCUT2D eigenvalue weighted by molar-refractivity contribution is -0.156. The van der Waals surface area contributed by atoms with Crippen LogP contribution in [0.3, 0.4) is 0 Å². The van der Waals surface area contributed by atoms with Gasteiger partial charge >= 0.3 is 5.97 Å². The zero-order valence-electron chi connectivity index (χ0n) is 16.2. The number of thioether (sulfide) groups is 1. The van der Waals surface area contributed by atoms with Crippen LogP contribution in [0.2, 0.25) is 5.02 Å². The maximum absolute atomic E-state index is 13.2. The van der Waals surface area contributed by atoms with Gasteiger partial charge in [0.25, 0.3) is 0 Å². The van der Waals surface area contributed by atoms with E-state index in [0.29, 0.717) is 23.7 Å². The molecule has 0 radical (unpaired) electrons. The van der Waals surface area contributed by atoms with Crippen molar-refractivity contribution in [3.8, 4) is 0 Å². The Balaban J connectivity index is 2.11. The van der Waals surface area contributed by atoms with Gasteiger partial charge in [0.05, 0.1) is 18.4 Å². The topological polar surface area (TPSA) is 75.7 Å². The van der Waals surface area contributed by atoms with Crippen LogP contribution in [0.25, 0.3) is 0 Å². The Labute approximate surface area is 174 Å². The van der Waals surface area contributed by atoms with Crippen molar-refractivity contribution in [1.29, 1.82) is 0 Å². The van der Waals surface area contributed by atoms with Gasteiger partial charge in [-0.15, -0.1) is 0 Å². The summed E-state index contributed by atoms with van der Waals surface area (Å²) in [6.07, 6.45) is 2.36. The molecule has 2 aliphatic rings. The minimum Gasteiger partial charge on any atom is -0.465 e. The van der Waals surface area contributed by atoms with Crippen molar-refractivity contribution in [2.75, 3.05) is 25.2 Å². The number of carbonyl (C=O) groups is 3. The van der Waals surface area contributed by atoms with Crippen LogP contribution in [-0.4, -0.2) is 53.4 Å². The van der Waals surface area contributed by atoms with E-state index in [2.05, 4.69) is 5.32 Å². The summed E-state index contributed by atoms with van der Waals surface area (Å²) < 4.78 is 5.38. The van der Waals surface area contributed by atoms with Gasteiger partial charge in [0.15, 0.2) is 0 Å². The van der Waals surface area contributed by atoms with Crippen LogP contribution in [-0.2, 0) is 19.1 Å². The molecular formula is C20H25ClN2O4S. The molecule has 0 unspecified atom stereocenters. The number of fused-ring (bicyclic) bond motifs is 1. The SMILES string of the molecule is CCOC(=O)[C@]1(CCSC)N[C@H](c2ccc(Cl)cc2)[C@H]2C(=O)N(CC)C(=O)[C@@H]21. The summed E-state index contributed by atoms with van der Waals surface area (Å²) in [5.74, 6) is -1.74. The molecular weight excluding hydrogens is 400 g/mol. The predicted molar refractivity (Wildman–Crippen MR) is 109 cm³/mol. The zero-order chi connectivity index (χ0) is 20.5. The van der Waals surface area contributed by atoms with E-state index in [-0.39, 0.29) is 18.4 Å². The fourth-order valence-corrected chi connectivity index (χ4v) is 5.03. The molecule has 0 aromatic heterocycles. The van der Waals surface area contributed by atoms with Gasteiger partial charge in [-0.3, -0.25) is 24.6 Å². The van der Waals surface area contributed by atoms with E-state index in [9.17, 15) is 14.4 Å². The number of amides is 2. The third-order valence-electron chi connectivity index (χ3n) is 5.63. The number of hydrogen-bond donors (Lipinski definition) is 1. The molecule has 6 nitrogen and oxygen atoms in total. The first-order chi connectivity index (χ1) is 13.4. The number of carbonyl (C=O) groups excluding carboxylic acids is 3. The monoisotopic (exact) mass is 424 g/mol. The van der Waals surface area contributed by atoms with Crippen LogP contribution >= 0.6 is 23.4 Å². The number of nitrogens with one attached hydrogen (secondary N) is 1. The summed E-state index contributed by atoms with van der Waals surface area (Å²) in [5.41, 5.74) is -0.390. The minimum absolute atomic E-state index is 0.212. The lowest BCUT2D eigenvalue weighted by Gasteiger charge is -2.32. The van der Waals surface area contributed by atoms with E-state index in [4.69, 9.17) is 16.3 Å². The highest BCUT2D eigenvalue weighted by molar-refractivity contribution is 7.98. The largest absolute Gasteiger partial charge is 0.465 e. The Kier molecular flexibility index (Phi) is 6.37. The number of nitrogens with zero attached hydrogens (tertiary/aromatic N) is 1. The molecule has 8 heteroatoms. The molecule has 0 aliphatic carbocycles. The van der Waals surface area contributed by atoms with Crippen molar-refractivity contribution in [3.05, 3.63) is 34.9 Å². The average molecular weight is 425 g/mol. The first-order valence-corrected chi connectivity index (χ1v) is 11.2. The number of ether oxygens (including phenoxy) is 1. The van der Waals surface area contributed by atoms with Crippen LogP contribution in [0, 0.1) is 11.8 Å². The molecule has 2 amide bonds. The second kappa shape index (κ2) is 8.43. The Hall–Kier alpha value is -1.57. The molecule has 1 aromatic rings. The van der Waals surface area contributed by atoms with Crippen LogP contribution < -0.4 is 5.32 Å². The summed E-state index contributed by atoms with van der Waals surface area (Å²) in [6, 6.07) is 6.71. The molecule has 2 saturated heterocycles. The summed E-state index contributed by atoms with van der Waals surface area (Å²) >= 11 is 7.61. The van der Waals surface area contributed by atoms with Crippen molar-refractivity contribution >= 4 is 41.1 Å². The van der Waals surface area contributed by atoms with Gasteiger partial charge in [-0.05, 0) is 50.0 Å². The number of hydrogen-bond acceptors (Lipinski definition) is 6. The van der Waals surface area contributed by atoms with E-state index < -0.39 is 29.4 Å². The van der Waals surface area contributed by atoms with Crippen molar-refractivity contribution in [2.45, 2.75) is 31.8 Å². The number of esters is 1. The number of imide groups is 1. The van der Waals surface area contributed by atoms with E-state index in [0.717, 1.165) is 5.56 Å². The van der Waals surface area contributed by atoms with Crippen LogP contribution in [0.1, 0.15) is 31.9 Å². The Morgan fingerprint density at radius 1 is 1.25 bits per heavy atom.